The molecule has 300 valence electrons. The monoisotopic (exact) mass is 817 g/mol. The summed E-state index contributed by atoms with van der Waals surface area (Å²) in [5, 5.41) is 7.35. The van der Waals surface area contributed by atoms with Gasteiger partial charge in [-0.05, 0) is 78.9 Å². The topological polar surface area (TPSA) is 30.9 Å². The van der Waals surface area contributed by atoms with Gasteiger partial charge < -0.3 is 14.0 Å². The first-order valence-corrected chi connectivity index (χ1v) is 22.1. The van der Waals surface area contributed by atoms with Crippen molar-refractivity contribution < 1.29 is 0 Å². The SMILES string of the molecule is C1=CC2c3c(ccc4c5ccccc5n(-c5cccc(-n6c7ccccc7c7cc8c(cc76)c6ccccc6n8-c6cccc(-c7ccccc7)n6)c5)c34)N(c3ccccc3)C2C=C1. The van der Waals surface area contributed by atoms with E-state index in [9.17, 15) is 0 Å². The van der Waals surface area contributed by atoms with Crippen LogP contribution in [0, 0.1) is 0 Å². The molecule has 0 amide bonds. The van der Waals surface area contributed by atoms with Crippen LogP contribution in [0.25, 0.3) is 93.9 Å². The van der Waals surface area contributed by atoms with Gasteiger partial charge in [-0.15, -0.1) is 0 Å². The summed E-state index contributed by atoms with van der Waals surface area (Å²) in [6.45, 7) is 0. The molecule has 5 heterocycles. The van der Waals surface area contributed by atoms with Crippen LogP contribution in [0.15, 0.2) is 224 Å². The van der Waals surface area contributed by atoms with Crippen molar-refractivity contribution in [2.75, 3.05) is 4.90 Å². The largest absolute Gasteiger partial charge is 0.333 e. The predicted molar refractivity (Wildman–Crippen MR) is 266 cm³/mol. The second-order valence-corrected chi connectivity index (χ2v) is 17.1. The molecule has 5 nitrogen and oxygen atoms in total. The molecule has 4 aromatic heterocycles. The third-order valence-electron chi connectivity index (χ3n) is 13.7. The van der Waals surface area contributed by atoms with E-state index in [4.69, 9.17) is 4.98 Å². The maximum Gasteiger partial charge on any atom is 0.138 e. The molecule has 0 N–H and O–H groups in total. The number of allylic oxidation sites excluding steroid dienone is 2. The number of rotatable bonds is 5. The van der Waals surface area contributed by atoms with Crippen LogP contribution in [0.1, 0.15) is 11.5 Å². The first-order chi connectivity index (χ1) is 31.8. The van der Waals surface area contributed by atoms with Gasteiger partial charge in [0.2, 0.25) is 0 Å². The number of aromatic nitrogens is 4. The van der Waals surface area contributed by atoms with Crippen molar-refractivity contribution in [3.8, 4) is 28.5 Å². The zero-order valence-corrected chi connectivity index (χ0v) is 34.8. The highest BCUT2D eigenvalue weighted by molar-refractivity contribution is 6.19. The van der Waals surface area contributed by atoms with Gasteiger partial charge in [-0.25, -0.2) is 4.98 Å². The van der Waals surface area contributed by atoms with Gasteiger partial charge >= 0.3 is 0 Å². The molecule has 0 saturated heterocycles. The lowest BCUT2D eigenvalue weighted by atomic mass is 9.90. The lowest BCUT2D eigenvalue weighted by Crippen LogP contribution is -2.28. The summed E-state index contributed by atoms with van der Waals surface area (Å²) in [6.07, 6.45) is 9.19. The zero-order valence-electron chi connectivity index (χ0n) is 34.8. The van der Waals surface area contributed by atoms with E-state index in [1.54, 1.807) is 0 Å². The Hall–Kier alpha value is -8.41. The Morgan fingerprint density at radius 2 is 0.938 bits per heavy atom. The van der Waals surface area contributed by atoms with Gasteiger partial charge in [-0.1, -0.05) is 146 Å². The van der Waals surface area contributed by atoms with Gasteiger partial charge in [0.15, 0.2) is 0 Å². The lowest BCUT2D eigenvalue weighted by molar-refractivity contribution is 0.746. The molecule has 0 spiro atoms. The molecule has 2 unspecified atom stereocenters. The maximum atomic E-state index is 5.27. The summed E-state index contributed by atoms with van der Waals surface area (Å²) in [7, 11) is 0. The highest BCUT2D eigenvalue weighted by atomic mass is 15.2. The second kappa shape index (κ2) is 13.5. The molecule has 14 rings (SSSR count). The molecule has 5 heteroatoms. The van der Waals surface area contributed by atoms with Crippen LogP contribution in [-0.2, 0) is 0 Å². The standard InChI is InChI=1S/C59H39N5/c1-3-17-38(18-4-1)49-27-16-32-57(60-49)64-52-30-13-9-25-44(52)48-36-55-47(37-56(48)64)43-24-8-11-28-50(43)62(55)40-21-15-22-41(35-40)63-51-29-12-7-23-42(51)45-33-34-54-58(59(45)63)46-26-10-14-31-53(46)61(54)39-19-5-2-6-20-39/h1-37,46,53H. The minimum absolute atomic E-state index is 0.190. The molecular weight excluding hydrogens is 779 g/mol. The average Bonchev–Trinajstić information content (AvgIpc) is 4.08. The molecule has 0 radical (unpaired) electrons. The normalized spacial score (nSPS) is 15.7. The Kier molecular flexibility index (Phi) is 7.45. The number of para-hydroxylation sites is 4. The molecule has 0 bridgehead atoms. The quantitative estimate of drug-likeness (QED) is 0.173. The molecule has 8 aromatic carbocycles. The summed E-state index contributed by atoms with van der Waals surface area (Å²) < 4.78 is 7.33. The third-order valence-corrected chi connectivity index (χ3v) is 13.7. The fourth-order valence-electron chi connectivity index (χ4n) is 11.1. The van der Waals surface area contributed by atoms with Crippen LogP contribution in [0.2, 0.25) is 0 Å². The molecule has 1 aliphatic carbocycles. The van der Waals surface area contributed by atoms with Gasteiger partial charge in [0.1, 0.15) is 5.82 Å². The number of pyridine rings is 1. The van der Waals surface area contributed by atoms with E-state index in [1.807, 2.05) is 6.07 Å². The number of anilines is 2. The lowest BCUT2D eigenvalue weighted by Gasteiger charge is -2.28. The number of benzene rings is 8. The highest BCUT2D eigenvalue weighted by Crippen LogP contribution is 2.52. The van der Waals surface area contributed by atoms with Gasteiger partial charge in [0.05, 0.1) is 44.8 Å². The third kappa shape index (κ3) is 4.98. The summed E-state index contributed by atoms with van der Waals surface area (Å²) >= 11 is 0. The van der Waals surface area contributed by atoms with E-state index in [1.165, 1.54) is 71.3 Å². The fourth-order valence-corrected chi connectivity index (χ4v) is 11.1. The van der Waals surface area contributed by atoms with Crippen LogP contribution in [0.5, 0.6) is 0 Å². The van der Waals surface area contributed by atoms with Gasteiger partial charge in [-0.2, -0.15) is 0 Å². The van der Waals surface area contributed by atoms with Crippen LogP contribution >= 0.6 is 0 Å². The summed E-state index contributed by atoms with van der Waals surface area (Å²) in [5.74, 6) is 1.10. The number of hydrogen-bond donors (Lipinski definition) is 0. The van der Waals surface area contributed by atoms with Crippen molar-refractivity contribution in [1.82, 2.24) is 18.7 Å². The molecule has 0 saturated carbocycles. The van der Waals surface area contributed by atoms with Crippen molar-refractivity contribution in [2.24, 2.45) is 0 Å². The molecule has 2 aliphatic rings. The number of fused-ring (bicyclic) bond motifs is 13. The molecule has 0 fully saturated rings. The summed E-state index contributed by atoms with van der Waals surface area (Å²) in [6, 6.07) is 73.0. The molecular formula is C59H39N5. The predicted octanol–water partition coefficient (Wildman–Crippen LogP) is 14.8. The Morgan fingerprint density at radius 1 is 0.375 bits per heavy atom. The van der Waals surface area contributed by atoms with E-state index in [2.05, 4.69) is 237 Å². The second-order valence-electron chi connectivity index (χ2n) is 17.1. The van der Waals surface area contributed by atoms with Gasteiger partial charge in [-0.3, -0.25) is 4.57 Å². The molecule has 1 aliphatic heterocycles. The van der Waals surface area contributed by atoms with E-state index < -0.39 is 0 Å². The van der Waals surface area contributed by atoms with E-state index in [0.29, 0.717) is 0 Å². The summed E-state index contributed by atoms with van der Waals surface area (Å²) in [5.41, 5.74) is 15.2. The fraction of sp³-hybridized carbons (Fsp3) is 0.0339. The van der Waals surface area contributed by atoms with Crippen LogP contribution < -0.4 is 4.90 Å². The van der Waals surface area contributed by atoms with Crippen molar-refractivity contribution >= 4 is 76.8 Å². The minimum Gasteiger partial charge on any atom is -0.333 e. The average molecular weight is 818 g/mol. The smallest absolute Gasteiger partial charge is 0.138 e. The Morgan fingerprint density at radius 3 is 1.67 bits per heavy atom. The van der Waals surface area contributed by atoms with Gasteiger partial charge in [0, 0.05) is 72.1 Å². The zero-order chi connectivity index (χ0) is 41.9. The van der Waals surface area contributed by atoms with E-state index in [-0.39, 0.29) is 12.0 Å². The molecule has 2 atom stereocenters. The van der Waals surface area contributed by atoms with E-state index >= 15 is 0 Å². The first-order valence-electron chi connectivity index (χ1n) is 22.1. The minimum atomic E-state index is 0.190. The Labute approximate surface area is 369 Å². The first kappa shape index (κ1) is 35.2. The summed E-state index contributed by atoms with van der Waals surface area (Å²) in [4.78, 5) is 7.80. The molecule has 64 heavy (non-hydrogen) atoms. The van der Waals surface area contributed by atoms with Crippen molar-refractivity contribution in [1.29, 1.82) is 0 Å². The van der Waals surface area contributed by atoms with Crippen LogP contribution in [-0.4, -0.2) is 24.7 Å². The Bertz CT molecular complexity index is 3920. The number of nitrogens with zero attached hydrogens (tertiary/aromatic N) is 5. The maximum absolute atomic E-state index is 5.27. The van der Waals surface area contributed by atoms with Crippen molar-refractivity contribution in [3.05, 3.63) is 230 Å². The van der Waals surface area contributed by atoms with Crippen molar-refractivity contribution in [3.63, 3.8) is 0 Å². The Balaban J connectivity index is 1.01. The van der Waals surface area contributed by atoms with Gasteiger partial charge in [0.25, 0.3) is 0 Å². The van der Waals surface area contributed by atoms with Crippen LogP contribution in [0.4, 0.5) is 11.4 Å². The van der Waals surface area contributed by atoms with Crippen LogP contribution in [0.3, 0.4) is 0 Å². The highest BCUT2D eigenvalue weighted by Gasteiger charge is 2.40. The number of hydrogen-bond acceptors (Lipinski definition) is 2. The molecule has 12 aromatic rings. The van der Waals surface area contributed by atoms with Crippen molar-refractivity contribution in [2.45, 2.75) is 12.0 Å². The van der Waals surface area contributed by atoms with E-state index in [0.717, 1.165) is 39.5 Å².